The van der Waals surface area contributed by atoms with E-state index in [0.717, 1.165) is 19.4 Å². The van der Waals surface area contributed by atoms with Gasteiger partial charge >= 0.3 is 5.97 Å². The molecule has 0 saturated carbocycles. The van der Waals surface area contributed by atoms with Gasteiger partial charge in [0.05, 0.1) is 13.2 Å². The van der Waals surface area contributed by atoms with Gasteiger partial charge in [-0.05, 0) is 31.7 Å². The minimum atomic E-state index is -0.251. The Morgan fingerprint density at radius 1 is 1.24 bits per heavy atom. The standard InChI is InChI=1S/C17H23NO3/c1-13-8-10-14(11-9-13)15-5-4-12-18(15)16(19)6-3-7-17(20)21-2/h8-11,15H,3-7,12H2,1-2H3/t15-/m1/s1. The summed E-state index contributed by atoms with van der Waals surface area (Å²) in [5.41, 5.74) is 2.44. The Hall–Kier alpha value is -1.84. The maximum atomic E-state index is 12.3. The molecule has 0 aromatic heterocycles. The van der Waals surface area contributed by atoms with Crippen LogP contribution >= 0.6 is 0 Å². The molecule has 1 aromatic rings. The molecule has 0 spiro atoms. The number of rotatable bonds is 5. The van der Waals surface area contributed by atoms with Gasteiger partial charge in [-0.2, -0.15) is 0 Å². The number of aryl methyl sites for hydroxylation is 1. The summed E-state index contributed by atoms with van der Waals surface area (Å²) < 4.78 is 4.60. The van der Waals surface area contributed by atoms with E-state index in [1.165, 1.54) is 18.2 Å². The zero-order valence-corrected chi connectivity index (χ0v) is 12.8. The molecule has 1 amide bonds. The number of hydrogen-bond donors (Lipinski definition) is 0. The highest BCUT2D eigenvalue weighted by Gasteiger charge is 2.29. The van der Waals surface area contributed by atoms with Gasteiger partial charge in [0, 0.05) is 19.4 Å². The first-order chi connectivity index (χ1) is 10.1. The molecule has 1 atom stereocenters. The van der Waals surface area contributed by atoms with E-state index in [1.54, 1.807) is 0 Å². The van der Waals surface area contributed by atoms with Gasteiger partial charge in [0.25, 0.3) is 0 Å². The number of likely N-dealkylation sites (tertiary alicyclic amines) is 1. The van der Waals surface area contributed by atoms with Crippen LogP contribution in [0.2, 0.25) is 0 Å². The second-order valence-corrected chi connectivity index (χ2v) is 5.59. The van der Waals surface area contributed by atoms with Gasteiger partial charge in [0.1, 0.15) is 0 Å². The Labute approximate surface area is 126 Å². The number of nitrogens with zero attached hydrogens (tertiary/aromatic N) is 1. The van der Waals surface area contributed by atoms with Crippen LogP contribution < -0.4 is 0 Å². The molecular weight excluding hydrogens is 266 g/mol. The molecule has 4 heteroatoms. The van der Waals surface area contributed by atoms with Crippen molar-refractivity contribution in [3.63, 3.8) is 0 Å². The molecule has 21 heavy (non-hydrogen) atoms. The summed E-state index contributed by atoms with van der Waals surface area (Å²) in [6, 6.07) is 8.59. The lowest BCUT2D eigenvalue weighted by Crippen LogP contribution is -2.30. The summed E-state index contributed by atoms with van der Waals surface area (Å²) >= 11 is 0. The second kappa shape index (κ2) is 7.25. The van der Waals surface area contributed by atoms with Crippen LogP contribution in [0.3, 0.4) is 0 Å². The van der Waals surface area contributed by atoms with Crippen LogP contribution in [0, 0.1) is 6.92 Å². The summed E-state index contributed by atoms with van der Waals surface area (Å²) in [5.74, 6) is -0.110. The zero-order valence-electron chi connectivity index (χ0n) is 12.8. The molecule has 114 valence electrons. The van der Waals surface area contributed by atoms with Crippen LogP contribution in [-0.4, -0.2) is 30.4 Å². The van der Waals surface area contributed by atoms with Crippen LogP contribution in [0.4, 0.5) is 0 Å². The van der Waals surface area contributed by atoms with Crippen molar-refractivity contribution in [3.8, 4) is 0 Å². The predicted octanol–water partition coefficient (Wildman–Crippen LogP) is 3.00. The van der Waals surface area contributed by atoms with Crippen molar-refractivity contribution in [1.82, 2.24) is 4.90 Å². The van der Waals surface area contributed by atoms with E-state index < -0.39 is 0 Å². The van der Waals surface area contributed by atoms with Crippen molar-refractivity contribution in [2.75, 3.05) is 13.7 Å². The third-order valence-electron chi connectivity index (χ3n) is 4.03. The van der Waals surface area contributed by atoms with Crippen LogP contribution in [0.15, 0.2) is 24.3 Å². The largest absolute Gasteiger partial charge is 0.469 e. The zero-order chi connectivity index (χ0) is 15.2. The monoisotopic (exact) mass is 289 g/mol. The predicted molar refractivity (Wildman–Crippen MR) is 80.7 cm³/mol. The summed E-state index contributed by atoms with van der Waals surface area (Å²) in [6.45, 7) is 2.88. The van der Waals surface area contributed by atoms with Gasteiger partial charge in [-0.1, -0.05) is 29.8 Å². The topological polar surface area (TPSA) is 46.6 Å². The first-order valence-corrected chi connectivity index (χ1v) is 7.54. The Bertz CT molecular complexity index is 495. The van der Waals surface area contributed by atoms with Crippen molar-refractivity contribution >= 4 is 11.9 Å². The van der Waals surface area contributed by atoms with Crippen molar-refractivity contribution in [2.45, 2.75) is 45.1 Å². The molecule has 1 aliphatic heterocycles. The Morgan fingerprint density at radius 3 is 2.62 bits per heavy atom. The molecule has 0 radical (unpaired) electrons. The lowest BCUT2D eigenvalue weighted by atomic mass is 10.0. The lowest BCUT2D eigenvalue weighted by Gasteiger charge is -2.25. The third kappa shape index (κ3) is 4.06. The van der Waals surface area contributed by atoms with Gasteiger partial charge in [0.15, 0.2) is 0 Å². The van der Waals surface area contributed by atoms with E-state index in [1.807, 2.05) is 4.90 Å². The minimum absolute atomic E-state index is 0.141. The first kappa shape index (κ1) is 15.5. The summed E-state index contributed by atoms with van der Waals surface area (Å²) in [6.07, 6.45) is 3.35. The van der Waals surface area contributed by atoms with Gasteiger partial charge in [0.2, 0.25) is 5.91 Å². The molecule has 1 saturated heterocycles. The molecule has 4 nitrogen and oxygen atoms in total. The summed E-state index contributed by atoms with van der Waals surface area (Å²) in [7, 11) is 1.37. The number of carbonyl (C=O) groups excluding carboxylic acids is 2. The molecule has 0 unspecified atom stereocenters. The van der Waals surface area contributed by atoms with Crippen LogP contribution in [0.25, 0.3) is 0 Å². The highest BCUT2D eigenvalue weighted by molar-refractivity contribution is 5.78. The van der Waals surface area contributed by atoms with Crippen LogP contribution in [0.1, 0.15) is 49.3 Å². The number of methoxy groups -OCH3 is 1. The van der Waals surface area contributed by atoms with Crippen LogP contribution in [0.5, 0.6) is 0 Å². The fourth-order valence-corrected chi connectivity index (χ4v) is 2.83. The van der Waals surface area contributed by atoms with Gasteiger partial charge < -0.3 is 9.64 Å². The van der Waals surface area contributed by atoms with Crippen molar-refractivity contribution in [1.29, 1.82) is 0 Å². The molecule has 1 aromatic carbocycles. The maximum absolute atomic E-state index is 12.3. The summed E-state index contributed by atoms with van der Waals surface area (Å²) in [4.78, 5) is 25.4. The highest BCUT2D eigenvalue weighted by atomic mass is 16.5. The van der Waals surface area contributed by atoms with E-state index in [0.29, 0.717) is 19.3 Å². The molecule has 0 N–H and O–H groups in total. The van der Waals surface area contributed by atoms with Gasteiger partial charge in [-0.3, -0.25) is 9.59 Å². The van der Waals surface area contributed by atoms with E-state index in [4.69, 9.17) is 0 Å². The number of ether oxygens (including phenoxy) is 1. The maximum Gasteiger partial charge on any atom is 0.305 e. The average Bonchev–Trinajstić information content (AvgIpc) is 2.97. The number of hydrogen-bond acceptors (Lipinski definition) is 3. The Kier molecular flexibility index (Phi) is 5.37. The van der Waals surface area contributed by atoms with E-state index in [2.05, 4.69) is 35.9 Å². The van der Waals surface area contributed by atoms with E-state index >= 15 is 0 Å². The van der Waals surface area contributed by atoms with Crippen LogP contribution in [-0.2, 0) is 14.3 Å². The average molecular weight is 289 g/mol. The molecule has 0 bridgehead atoms. The fourth-order valence-electron chi connectivity index (χ4n) is 2.83. The molecular formula is C17H23NO3. The number of carbonyl (C=O) groups is 2. The van der Waals surface area contributed by atoms with E-state index in [-0.39, 0.29) is 17.9 Å². The fraction of sp³-hybridized carbons (Fsp3) is 0.529. The first-order valence-electron chi connectivity index (χ1n) is 7.54. The molecule has 1 fully saturated rings. The third-order valence-corrected chi connectivity index (χ3v) is 4.03. The SMILES string of the molecule is COC(=O)CCCC(=O)N1CCC[C@@H]1c1ccc(C)cc1. The second-order valence-electron chi connectivity index (χ2n) is 5.59. The molecule has 2 rings (SSSR count). The molecule has 1 heterocycles. The highest BCUT2D eigenvalue weighted by Crippen LogP contribution is 2.32. The molecule has 0 aliphatic carbocycles. The Morgan fingerprint density at radius 2 is 1.95 bits per heavy atom. The Balaban J connectivity index is 1.93. The normalized spacial score (nSPS) is 17.8. The van der Waals surface area contributed by atoms with Crippen molar-refractivity contribution in [2.24, 2.45) is 0 Å². The smallest absolute Gasteiger partial charge is 0.305 e. The minimum Gasteiger partial charge on any atom is -0.469 e. The van der Waals surface area contributed by atoms with Gasteiger partial charge in [-0.25, -0.2) is 0 Å². The number of amides is 1. The van der Waals surface area contributed by atoms with Crippen molar-refractivity contribution in [3.05, 3.63) is 35.4 Å². The van der Waals surface area contributed by atoms with Crippen molar-refractivity contribution < 1.29 is 14.3 Å². The lowest BCUT2D eigenvalue weighted by molar-refractivity contribution is -0.140. The van der Waals surface area contributed by atoms with Gasteiger partial charge in [-0.15, -0.1) is 0 Å². The molecule has 1 aliphatic rings. The van der Waals surface area contributed by atoms with E-state index in [9.17, 15) is 9.59 Å². The number of esters is 1. The number of benzene rings is 1. The quantitative estimate of drug-likeness (QED) is 0.783. The summed E-state index contributed by atoms with van der Waals surface area (Å²) in [5, 5.41) is 0.